The minimum atomic E-state index is -0.358. The second-order valence-corrected chi connectivity index (χ2v) is 5.75. The summed E-state index contributed by atoms with van der Waals surface area (Å²) < 4.78 is 1.12. The largest absolute Gasteiger partial charge is 0.324 e. The zero-order chi connectivity index (χ0) is 14.7. The highest BCUT2D eigenvalue weighted by Gasteiger charge is 2.18. The van der Waals surface area contributed by atoms with E-state index in [2.05, 4.69) is 22.6 Å². The second-order valence-electron chi connectivity index (χ2n) is 4.67. The predicted molar refractivity (Wildman–Crippen MR) is 87.6 cm³/mol. The molecule has 0 amide bonds. The molecule has 0 aliphatic carbocycles. The van der Waals surface area contributed by atoms with Crippen LogP contribution in [0.2, 0.25) is 0 Å². The molecule has 0 saturated heterocycles. The van der Waals surface area contributed by atoms with Gasteiger partial charge >= 0.3 is 0 Å². The van der Waals surface area contributed by atoms with Crippen molar-refractivity contribution in [3.05, 3.63) is 72.8 Å². The van der Waals surface area contributed by atoms with E-state index in [-0.39, 0.29) is 16.7 Å². The van der Waals surface area contributed by atoms with Gasteiger partial charge in [-0.15, -0.1) is 0 Å². The van der Waals surface area contributed by atoms with Crippen LogP contribution >= 0.6 is 22.6 Å². The Hall–Kier alpha value is -1.47. The molecule has 4 nitrogen and oxygen atoms in total. The summed E-state index contributed by atoms with van der Waals surface area (Å²) in [6.07, 6.45) is 0.455. The van der Waals surface area contributed by atoms with Gasteiger partial charge in [0.2, 0.25) is 0 Å². The van der Waals surface area contributed by atoms with Gasteiger partial charge in [-0.25, -0.2) is 0 Å². The molecule has 0 saturated carbocycles. The first-order valence-electron chi connectivity index (χ1n) is 6.23. The Morgan fingerprint density at radius 3 is 2.65 bits per heavy atom. The molecule has 0 bridgehead atoms. The molecule has 0 fully saturated rings. The Kier molecular flexibility index (Phi) is 4.72. The zero-order valence-electron chi connectivity index (χ0n) is 11.0. The number of para-hydroxylation sites is 1. The lowest BCUT2D eigenvalue weighted by molar-refractivity contribution is -0.385. The number of aryl methyl sites for hydroxylation is 1. The SMILES string of the molecule is Cc1cccc(C(N)Cc2ccccc2[N+](=O)[O-])c1I. The number of nitro benzene ring substituents is 1. The van der Waals surface area contributed by atoms with E-state index in [1.54, 1.807) is 18.2 Å². The molecule has 0 aliphatic rings. The van der Waals surface area contributed by atoms with E-state index in [4.69, 9.17) is 5.73 Å². The fourth-order valence-electron chi connectivity index (χ4n) is 2.16. The summed E-state index contributed by atoms with van der Waals surface area (Å²) in [5, 5.41) is 11.0. The molecule has 0 aromatic heterocycles. The maximum absolute atomic E-state index is 11.0. The smallest absolute Gasteiger partial charge is 0.272 e. The maximum atomic E-state index is 11.0. The summed E-state index contributed by atoms with van der Waals surface area (Å²) in [6.45, 7) is 2.03. The number of nitro groups is 1. The second kappa shape index (κ2) is 6.32. The quantitative estimate of drug-likeness (QED) is 0.498. The normalized spacial score (nSPS) is 12.2. The van der Waals surface area contributed by atoms with Crippen molar-refractivity contribution < 1.29 is 4.92 Å². The number of hydrogen-bond donors (Lipinski definition) is 1. The van der Waals surface area contributed by atoms with Gasteiger partial charge in [0.25, 0.3) is 5.69 Å². The van der Waals surface area contributed by atoms with Crippen LogP contribution in [0.3, 0.4) is 0 Å². The third-order valence-electron chi connectivity index (χ3n) is 3.25. The maximum Gasteiger partial charge on any atom is 0.272 e. The predicted octanol–water partition coefficient (Wildman–Crippen LogP) is 3.75. The molecule has 2 N–H and O–H groups in total. The van der Waals surface area contributed by atoms with Crippen molar-refractivity contribution in [2.24, 2.45) is 5.73 Å². The Balaban J connectivity index is 2.30. The number of hydrogen-bond acceptors (Lipinski definition) is 3. The lowest BCUT2D eigenvalue weighted by Gasteiger charge is -2.15. The Morgan fingerprint density at radius 1 is 1.25 bits per heavy atom. The summed E-state index contributed by atoms with van der Waals surface area (Å²) in [6, 6.07) is 12.5. The standard InChI is InChI=1S/C15H15IN2O2/c1-10-5-4-7-12(15(10)16)13(17)9-11-6-2-3-8-14(11)18(19)20/h2-8,13H,9,17H2,1H3. The van der Waals surface area contributed by atoms with Crippen LogP contribution in [0.1, 0.15) is 22.7 Å². The summed E-state index contributed by atoms with van der Waals surface area (Å²) >= 11 is 2.27. The third-order valence-corrected chi connectivity index (χ3v) is 4.72. The summed E-state index contributed by atoms with van der Waals surface area (Å²) in [4.78, 5) is 10.7. The van der Waals surface area contributed by atoms with Crippen molar-refractivity contribution in [3.8, 4) is 0 Å². The van der Waals surface area contributed by atoms with E-state index in [0.717, 1.165) is 9.13 Å². The molecule has 0 spiro atoms. The molecule has 2 aromatic carbocycles. The van der Waals surface area contributed by atoms with Crippen LogP contribution in [-0.2, 0) is 6.42 Å². The van der Waals surface area contributed by atoms with Crippen LogP contribution in [0.15, 0.2) is 42.5 Å². The van der Waals surface area contributed by atoms with E-state index < -0.39 is 0 Å². The molecule has 1 atom stereocenters. The topological polar surface area (TPSA) is 69.2 Å². The van der Waals surface area contributed by atoms with Gasteiger partial charge in [0, 0.05) is 21.2 Å². The van der Waals surface area contributed by atoms with Crippen LogP contribution in [-0.4, -0.2) is 4.92 Å². The van der Waals surface area contributed by atoms with Crippen LogP contribution in [0.5, 0.6) is 0 Å². The monoisotopic (exact) mass is 382 g/mol. The lowest BCUT2D eigenvalue weighted by Crippen LogP contribution is -2.16. The van der Waals surface area contributed by atoms with Gasteiger partial charge in [-0.05, 0) is 47.1 Å². The summed E-state index contributed by atoms with van der Waals surface area (Å²) in [5.41, 5.74) is 9.24. The number of nitrogens with two attached hydrogens (primary N) is 1. The summed E-state index contributed by atoms with van der Waals surface area (Å²) in [7, 11) is 0. The van der Waals surface area contributed by atoms with Crippen molar-refractivity contribution in [2.75, 3.05) is 0 Å². The molecule has 20 heavy (non-hydrogen) atoms. The van der Waals surface area contributed by atoms with E-state index in [1.165, 1.54) is 11.6 Å². The van der Waals surface area contributed by atoms with Crippen LogP contribution in [0.25, 0.3) is 0 Å². The highest BCUT2D eigenvalue weighted by Crippen LogP contribution is 2.27. The van der Waals surface area contributed by atoms with Crippen molar-refractivity contribution in [1.82, 2.24) is 0 Å². The van der Waals surface area contributed by atoms with Gasteiger partial charge in [0.05, 0.1) is 4.92 Å². The van der Waals surface area contributed by atoms with Crippen molar-refractivity contribution in [2.45, 2.75) is 19.4 Å². The first-order valence-corrected chi connectivity index (χ1v) is 7.31. The first-order chi connectivity index (χ1) is 9.50. The van der Waals surface area contributed by atoms with Gasteiger partial charge in [-0.1, -0.05) is 36.4 Å². The Labute approximate surface area is 131 Å². The molecule has 2 rings (SSSR count). The molecule has 1 unspecified atom stereocenters. The highest BCUT2D eigenvalue weighted by molar-refractivity contribution is 14.1. The average molecular weight is 382 g/mol. The number of nitrogens with zero attached hydrogens (tertiary/aromatic N) is 1. The molecular weight excluding hydrogens is 367 g/mol. The van der Waals surface area contributed by atoms with Crippen molar-refractivity contribution >= 4 is 28.3 Å². The molecular formula is C15H15IN2O2. The molecule has 5 heteroatoms. The fourth-order valence-corrected chi connectivity index (χ4v) is 2.92. The van der Waals surface area contributed by atoms with Gasteiger partial charge in [0.1, 0.15) is 0 Å². The first kappa shape index (κ1) is 14.9. The minimum absolute atomic E-state index is 0.130. The Bertz CT molecular complexity index is 644. The molecule has 0 radical (unpaired) electrons. The van der Waals surface area contributed by atoms with Crippen LogP contribution < -0.4 is 5.73 Å². The van der Waals surface area contributed by atoms with E-state index in [0.29, 0.717) is 12.0 Å². The molecule has 104 valence electrons. The minimum Gasteiger partial charge on any atom is -0.324 e. The van der Waals surface area contributed by atoms with Crippen molar-refractivity contribution in [3.63, 3.8) is 0 Å². The van der Waals surface area contributed by atoms with Crippen LogP contribution in [0.4, 0.5) is 5.69 Å². The van der Waals surface area contributed by atoms with Gasteiger partial charge in [-0.3, -0.25) is 10.1 Å². The zero-order valence-corrected chi connectivity index (χ0v) is 13.2. The van der Waals surface area contributed by atoms with Crippen LogP contribution in [0, 0.1) is 20.6 Å². The Morgan fingerprint density at radius 2 is 1.95 bits per heavy atom. The number of rotatable bonds is 4. The lowest BCUT2D eigenvalue weighted by atomic mass is 9.97. The van der Waals surface area contributed by atoms with Crippen molar-refractivity contribution in [1.29, 1.82) is 0 Å². The van der Waals surface area contributed by atoms with E-state index >= 15 is 0 Å². The molecule has 0 heterocycles. The number of halogens is 1. The van der Waals surface area contributed by atoms with E-state index in [1.807, 2.05) is 25.1 Å². The fraction of sp³-hybridized carbons (Fsp3) is 0.200. The molecule has 0 aliphatic heterocycles. The average Bonchev–Trinajstić information content (AvgIpc) is 2.42. The highest BCUT2D eigenvalue weighted by atomic mass is 127. The van der Waals surface area contributed by atoms with Gasteiger partial charge < -0.3 is 5.73 Å². The van der Waals surface area contributed by atoms with Gasteiger partial charge in [-0.2, -0.15) is 0 Å². The molecule has 2 aromatic rings. The third kappa shape index (κ3) is 3.16. The van der Waals surface area contributed by atoms with E-state index in [9.17, 15) is 10.1 Å². The summed E-state index contributed by atoms with van der Waals surface area (Å²) in [5.74, 6) is 0. The van der Waals surface area contributed by atoms with Gasteiger partial charge in [0.15, 0.2) is 0 Å². The number of benzene rings is 2.